The number of hydrogen-bond donors (Lipinski definition) is 0. The summed E-state index contributed by atoms with van der Waals surface area (Å²) in [6, 6.07) is 8.48. The molecule has 2 nitrogen and oxygen atoms in total. The molecule has 1 aliphatic heterocycles. The van der Waals surface area contributed by atoms with Gasteiger partial charge >= 0.3 is 0 Å². The van der Waals surface area contributed by atoms with Gasteiger partial charge in [-0.25, -0.2) is 0 Å². The molecule has 0 N–H and O–H groups in total. The zero-order valence-corrected chi connectivity index (χ0v) is 15.5. The first-order chi connectivity index (χ1) is 11.8. The standard InChI is InChI=1S/C16H30O2.C6H4/c1-3-5-6-13-7-9-14(10-8-13)16-12-17-15(4-2)11-18-16;1-2-6-4-3-5(1)6/h13-16H,3-12H2,1-2H3;1-4H. The van der Waals surface area contributed by atoms with E-state index in [4.69, 9.17) is 9.47 Å². The van der Waals surface area contributed by atoms with Gasteiger partial charge in [0.1, 0.15) is 0 Å². The highest BCUT2D eigenvalue weighted by Gasteiger charge is 2.31. The van der Waals surface area contributed by atoms with Gasteiger partial charge in [-0.15, -0.1) is 0 Å². The quantitative estimate of drug-likeness (QED) is 0.724. The number of hydrogen-bond acceptors (Lipinski definition) is 2. The molecular formula is C22H34O2. The van der Waals surface area contributed by atoms with E-state index in [2.05, 4.69) is 38.1 Å². The van der Waals surface area contributed by atoms with Crippen LogP contribution in [0.5, 0.6) is 0 Å². The zero-order valence-electron chi connectivity index (χ0n) is 15.5. The van der Waals surface area contributed by atoms with Crippen molar-refractivity contribution >= 4 is 0 Å². The molecule has 1 saturated heterocycles. The summed E-state index contributed by atoms with van der Waals surface area (Å²) in [5.41, 5.74) is 0. The average molecular weight is 331 g/mol. The lowest BCUT2D eigenvalue weighted by atomic mass is 9.77. The second-order valence-corrected chi connectivity index (χ2v) is 7.74. The summed E-state index contributed by atoms with van der Waals surface area (Å²) in [6.07, 6.45) is 11.6. The van der Waals surface area contributed by atoms with E-state index in [1.807, 2.05) is 0 Å². The molecule has 4 rings (SSSR count). The zero-order chi connectivity index (χ0) is 16.8. The topological polar surface area (TPSA) is 18.5 Å². The minimum Gasteiger partial charge on any atom is -0.373 e. The van der Waals surface area contributed by atoms with Crippen LogP contribution in [0.2, 0.25) is 0 Å². The Hall–Kier alpha value is -0.860. The summed E-state index contributed by atoms with van der Waals surface area (Å²) in [6.45, 7) is 6.12. The number of benzene rings is 1. The van der Waals surface area contributed by atoms with Gasteiger partial charge in [0.05, 0.1) is 25.4 Å². The molecule has 134 valence electrons. The van der Waals surface area contributed by atoms with Crippen molar-refractivity contribution in [2.45, 2.75) is 77.4 Å². The van der Waals surface area contributed by atoms with Gasteiger partial charge in [-0.1, -0.05) is 70.2 Å². The predicted molar refractivity (Wildman–Crippen MR) is 98.9 cm³/mol. The Morgan fingerprint density at radius 2 is 1.54 bits per heavy atom. The molecule has 0 aromatic heterocycles. The fourth-order valence-electron chi connectivity index (χ4n) is 4.07. The van der Waals surface area contributed by atoms with E-state index in [-0.39, 0.29) is 0 Å². The Morgan fingerprint density at radius 3 is 1.96 bits per heavy atom. The first kappa shape index (κ1) is 17.9. The third-order valence-corrected chi connectivity index (χ3v) is 6.05. The van der Waals surface area contributed by atoms with E-state index in [0.717, 1.165) is 31.5 Å². The second-order valence-electron chi connectivity index (χ2n) is 7.74. The minimum absolute atomic E-state index is 0.349. The van der Waals surface area contributed by atoms with E-state index < -0.39 is 0 Å². The van der Waals surface area contributed by atoms with Crippen LogP contribution in [0.4, 0.5) is 0 Å². The van der Waals surface area contributed by atoms with Gasteiger partial charge in [0.2, 0.25) is 0 Å². The molecular weight excluding hydrogens is 296 g/mol. The maximum atomic E-state index is 6.01. The van der Waals surface area contributed by atoms with E-state index in [1.165, 1.54) is 55.4 Å². The lowest BCUT2D eigenvalue weighted by molar-refractivity contribution is -0.155. The average Bonchev–Trinajstić information content (AvgIpc) is 2.64. The third-order valence-electron chi connectivity index (χ3n) is 6.05. The van der Waals surface area contributed by atoms with Crippen LogP contribution in [-0.2, 0) is 9.47 Å². The summed E-state index contributed by atoms with van der Waals surface area (Å²) in [5.74, 6) is 1.76. The Balaban J connectivity index is 0.000000231. The van der Waals surface area contributed by atoms with Crippen LogP contribution < -0.4 is 0 Å². The molecule has 0 bridgehead atoms. The predicted octanol–water partition coefficient (Wildman–Crippen LogP) is 5.46. The molecule has 4 aliphatic rings. The van der Waals surface area contributed by atoms with E-state index in [0.29, 0.717) is 12.2 Å². The van der Waals surface area contributed by atoms with Gasteiger partial charge in [-0.2, -0.15) is 0 Å². The number of rotatable bonds is 5. The molecule has 2 heteroatoms. The van der Waals surface area contributed by atoms with Gasteiger partial charge < -0.3 is 9.47 Å². The summed E-state index contributed by atoms with van der Waals surface area (Å²) in [4.78, 5) is 0. The van der Waals surface area contributed by atoms with Crippen molar-refractivity contribution in [3.8, 4) is 0 Å². The summed E-state index contributed by atoms with van der Waals surface area (Å²) >= 11 is 0. The molecule has 3 aliphatic carbocycles. The van der Waals surface area contributed by atoms with Crippen LogP contribution in [-0.4, -0.2) is 25.4 Å². The van der Waals surface area contributed by atoms with Crippen molar-refractivity contribution in [3.63, 3.8) is 0 Å². The van der Waals surface area contributed by atoms with E-state index in [9.17, 15) is 0 Å². The number of ether oxygens (including phenoxy) is 2. The molecule has 2 unspecified atom stereocenters. The van der Waals surface area contributed by atoms with Crippen LogP contribution in [0.15, 0.2) is 24.3 Å². The Bertz CT molecular complexity index is 516. The summed E-state index contributed by atoms with van der Waals surface area (Å²) < 4.78 is 11.9. The van der Waals surface area contributed by atoms with Crippen molar-refractivity contribution < 1.29 is 9.47 Å². The third kappa shape index (κ3) is 4.61. The van der Waals surface area contributed by atoms with E-state index >= 15 is 0 Å². The lowest BCUT2D eigenvalue weighted by Crippen LogP contribution is -2.40. The first-order valence-electron chi connectivity index (χ1n) is 10.1. The fraction of sp³-hybridized carbons (Fsp3) is 0.727. The normalized spacial score (nSPS) is 31.1. The smallest absolute Gasteiger partial charge is 0.0838 e. The monoisotopic (exact) mass is 330 g/mol. The van der Waals surface area contributed by atoms with Gasteiger partial charge in [-0.05, 0) is 41.5 Å². The first-order valence-corrected chi connectivity index (χ1v) is 10.1. The van der Waals surface area contributed by atoms with Crippen molar-refractivity contribution in [2.24, 2.45) is 11.8 Å². The van der Waals surface area contributed by atoms with Crippen molar-refractivity contribution in [3.05, 3.63) is 34.7 Å². The van der Waals surface area contributed by atoms with Crippen LogP contribution in [0.3, 0.4) is 0 Å². The SMILES string of the molecule is CCCCC1CCC(C2COC(CC)CO2)CC1.c1cc2ccc1=2. The van der Waals surface area contributed by atoms with Gasteiger partial charge in [-0.3, -0.25) is 0 Å². The van der Waals surface area contributed by atoms with Crippen molar-refractivity contribution in [1.29, 1.82) is 0 Å². The van der Waals surface area contributed by atoms with Crippen LogP contribution in [0.25, 0.3) is 0 Å². The Kier molecular flexibility index (Phi) is 6.74. The minimum atomic E-state index is 0.349. The fourth-order valence-corrected chi connectivity index (χ4v) is 4.07. The van der Waals surface area contributed by atoms with Crippen molar-refractivity contribution in [1.82, 2.24) is 0 Å². The largest absolute Gasteiger partial charge is 0.373 e. The number of unbranched alkanes of at least 4 members (excludes halogenated alkanes) is 1. The maximum Gasteiger partial charge on any atom is 0.0838 e. The molecule has 1 saturated carbocycles. The maximum absolute atomic E-state index is 6.01. The van der Waals surface area contributed by atoms with Gasteiger partial charge in [0.25, 0.3) is 0 Å². The molecule has 24 heavy (non-hydrogen) atoms. The van der Waals surface area contributed by atoms with Crippen LogP contribution in [0.1, 0.15) is 65.2 Å². The Morgan fingerprint density at radius 1 is 0.875 bits per heavy atom. The van der Waals surface area contributed by atoms with Gasteiger partial charge in [0, 0.05) is 0 Å². The molecule has 0 aromatic rings. The second kappa shape index (κ2) is 9.01. The highest BCUT2D eigenvalue weighted by Crippen LogP contribution is 2.35. The molecule has 1 heterocycles. The summed E-state index contributed by atoms with van der Waals surface area (Å²) in [5, 5.41) is 2.85. The molecule has 2 atom stereocenters. The molecule has 0 spiro atoms. The summed E-state index contributed by atoms with van der Waals surface area (Å²) in [7, 11) is 0. The van der Waals surface area contributed by atoms with Crippen molar-refractivity contribution in [2.75, 3.05) is 13.2 Å². The highest BCUT2D eigenvalue weighted by molar-refractivity contribution is 5.22. The Labute approximate surface area is 147 Å². The molecule has 0 amide bonds. The van der Waals surface area contributed by atoms with Crippen LogP contribution in [0, 0.1) is 22.3 Å². The van der Waals surface area contributed by atoms with E-state index in [1.54, 1.807) is 0 Å². The molecule has 2 fully saturated rings. The highest BCUT2D eigenvalue weighted by atomic mass is 16.6. The van der Waals surface area contributed by atoms with Crippen LogP contribution >= 0.6 is 0 Å². The molecule has 0 radical (unpaired) electrons. The lowest BCUT2D eigenvalue weighted by Gasteiger charge is -2.37. The van der Waals surface area contributed by atoms with Gasteiger partial charge in [0.15, 0.2) is 0 Å². The molecule has 0 aromatic carbocycles.